The predicted molar refractivity (Wildman–Crippen MR) is 62.9 cm³/mol. The minimum Gasteiger partial charge on any atom is -0.463 e. The molecule has 0 aromatic rings. The fourth-order valence-corrected chi connectivity index (χ4v) is 1.02. The van der Waals surface area contributed by atoms with Crippen molar-refractivity contribution in [2.45, 2.75) is 39.3 Å². The third-order valence-electron chi connectivity index (χ3n) is 1.70. The lowest BCUT2D eigenvalue weighted by atomic mass is 10.3. The van der Waals surface area contributed by atoms with Gasteiger partial charge < -0.3 is 18.9 Å². The zero-order valence-electron chi connectivity index (χ0n) is 10.6. The molecule has 0 N–H and O–H groups in total. The van der Waals surface area contributed by atoms with Crippen LogP contribution in [0.3, 0.4) is 0 Å². The van der Waals surface area contributed by atoms with E-state index in [-0.39, 0.29) is 12.8 Å². The predicted octanol–water partition coefficient (Wildman–Crippen LogP) is 1.87. The van der Waals surface area contributed by atoms with Gasteiger partial charge in [0.2, 0.25) is 12.6 Å². The van der Waals surface area contributed by atoms with Crippen LogP contribution >= 0.6 is 0 Å². The second-order valence-electron chi connectivity index (χ2n) is 3.22. The van der Waals surface area contributed by atoms with E-state index in [0.29, 0.717) is 0 Å². The molecular formula is C12H18O6. The van der Waals surface area contributed by atoms with Gasteiger partial charge in [-0.3, -0.25) is 9.59 Å². The van der Waals surface area contributed by atoms with Crippen LogP contribution in [0.4, 0.5) is 0 Å². The van der Waals surface area contributed by atoms with Gasteiger partial charge in [0.05, 0.1) is 25.4 Å². The summed E-state index contributed by atoms with van der Waals surface area (Å²) < 4.78 is 19.2. The van der Waals surface area contributed by atoms with E-state index in [1.54, 1.807) is 0 Å². The van der Waals surface area contributed by atoms with Crippen molar-refractivity contribution in [2.75, 3.05) is 0 Å². The third-order valence-corrected chi connectivity index (χ3v) is 1.70. The molecule has 0 aliphatic heterocycles. The number of hydrogen-bond acceptors (Lipinski definition) is 6. The summed E-state index contributed by atoms with van der Waals surface area (Å²) in [5, 5.41) is 0. The Bertz CT molecular complexity index is 269. The zero-order chi connectivity index (χ0) is 14.0. The maximum atomic E-state index is 11.3. The molecular weight excluding hydrogens is 240 g/mol. The van der Waals surface area contributed by atoms with Crippen molar-refractivity contribution in [1.29, 1.82) is 0 Å². The highest BCUT2D eigenvalue weighted by atomic mass is 16.7. The van der Waals surface area contributed by atoms with Gasteiger partial charge in [-0.05, 0) is 0 Å². The molecule has 0 bridgehead atoms. The Balaban J connectivity index is 3.80. The molecule has 0 amide bonds. The Hall–Kier alpha value is -1.98. The summed E-state index contributed by atoms with van der Waals surface area (Å²) in [6, 6.07) is 0. The normalized spacial score (nSPS) is 12.8. The van der Waals surface area contributed by atoms with Crippen molar-refractivity contribution in [2.24, 2.45) is 0 Å². The maximum Gasteiger partial charge on any atom is 0.309 e. The second-order valence-corrected chi connectivity index (χ2v) is 3.22. The number of rotatable bonds is 9. The lowest BCUT2D eigenvalue weighted by Crippen LogP contribution is -2.19. The molecule has 0 spiro atoms. The summed E-state index contributed by atoms with van der Waals surface area (Å²) in [6.45, 7) is 9.72. The van der Waals surface area contributed by atoms with Crippen LogP contribution in [-0.2, 0) is 28.5 Å². The van der Waals surface area contributed by atoms with Crippen molar-refractivity contribution in [1.82, 2.24) is 0 Å². The SMILES string of the molecule is C=COC(C)OC(=O)CCC(=O)OC(C)OC=C. The lowest BCUT2D eigenvalue weighted by molar-refractivity contribution is -0.173. The summed E-state index contributed by atoms with van der Waals surface area (Å²) in [5.74, 6) is -1.11. The van der Waals surface area contributed by atoms with Gasteiger partial charge in [0.25, 0.3) is 0 Å². The van der Waals surface area contributed by atoms with Crippen LogP contribution in [0.2, 0.25) is 0 Å². The van der Waals surface area contributed by atoms with Gasteiger partial charge in [-0.25, -0.2) is 0 Å². The Morgan fingerprint density at radius 3 is 1.56 bits per heavy atom. The van der Waals surface area contributed by atoms with E-state index in [4.69, 9.17) is 18.9 Å². The second kappa shape index (κ2) is 9.09. The van der Waals surface area contributed by atoms with Crippen LogP contribution in [0.15, 0.2) is 25.7 Å². The maximum absolute atomic E-state index is 11.3. The van der Waals surface area contributed by atoms with Gasteiger partial charge in [0, 0.05) is 13.8 Å². The molecule has 0 radical (unpaired) electrons. The molecule has 6 nitrogen and oxygen atoms in total. The smallest absolute Gasteiger partial charge is 0.309 e. The molecule has 0 fully saturated rings. The molecule has 18 heavy (non-hydrogen) atoms. The van der Waals surface area contributed by atoms with E-state index in [0.717, 1.165) is 0 Å². The molecule has 2 atom stereocenters. The van der Waals surface area contributed by atoms with Gasteiger partial charge in [-0.2, -0.15) is 0 Å². The summed E-state index contributed by atoms with van der Waals surface area (Å²) in [7, 11) is 0. The van der Waals surface area contributed by atoms with Gasteiger partial charge in [-0.15, -0.1) is 0 Å². The van der Waals surface area contributed by atoms with Crippen LogP contribution < -0.4 is 0 Å². The van der Waals surface area contributed by atoms with Gasteiger partial charge in [0.15, 0.2) is 0 Å². The van der Waals surface area contributed by atoms with Crippen molar-refractivity contribution in [3.05, 3.63) is 25.7 Å². The Labute approximate surface area is 106 Å². The Kier molecular flexibility index (Phi) is 8.09. The van der Waals surface area contributed by atoms with Crippen LogP contribution in [0.5, 0.6) is 0 Å². The molecule has 0 aromatic heterocycles. The van der Waals surface area contributed by atoms with Crippen molar-refractivity contribution < 1.29 is 28.5 Å². The van der Waals surface area contributed by atoms with E-state index in [2.05, 4.69) is 13.2 Å². The number of carbonyl (C=O) groups excluding carboxylic acids is 2. The highest BCUT2D eigenvalue weighted by Gasteiger charge is 2.14. The fourth-order valence-electron chi connectivity index (χ4n) is 1.02. The minimum absolute atomic E-state index is 0.0928. The average Bonchev–Trinajstić information content (AvgIpc) is 2.27. The monoisotopic (exact) mass is 258 g/mol. The quantitative estimate of drug-likeness (QED) is 0.357. The Morgan fingerprint density at radius 2 is 1.28 bits per heavy atom. The van der Waals surface area contributed by atoms with Crippen LogP contribution in [0.1, 0.15) is 26.7 Å². The third kappa shape index (κ3) is 8.20. The first-order valence-corrected chi connectivity index (χ1v) is 5.41. The lowest BCUT2D eigenvalue weighted by Gasteiger charge is -2.13. The molecule has 102 valence electrons. The first kappa shape index (κ1) is 16.0. The largest absolute Gasteiger partial charge is 0.463 e. The minimum atomic E-state index is -0.728. The van der Waals surface area contributed by atoms with Crippen molar-refractivity contribution in [3.63, 3.8) is 0 Å². The van der Waals surface area contributed by atoms with Crippen LogP contribution in [-0.4, -0.2) is 24.5 Å². The fraction of sp³-hybridized carbons (Fsp3) is 0.500. The van der Waals surface area contributed by atoms with Crippen molar-refractivity contribution >= 4 is 11.9 Å². The molecule has 6 heteroatoms. The Morgan fingerprint density at radius 1 is 0.944 bits per heavy atom. The van der Waals surface area contributed by atoms with Crippen LogP contribution in [0, 0.1) is 0 Å². The number of hydrogen-bond donors (Lipinski definition) is 0. The number of esters is 2. The van der Waals surface area contributed by atoms with Crippen LogP contribution in [0.25, 0.3) is 0 Å². The van der Waals surface area contributed by atoms with E-state index in [1.807, 2.05) is 0 Å². The highest BCUT2D eigenvalue weighted by Crippen LogP contribution is 2.03. The summed E-state index contributed by atoms with van der Waals surface area (Å²) in [5.41, 5.74) is 0. The highest BCUT2D eigenvalue weighted by molar-refractivity contribution is 5.77. The molecule has 2 unspecified atom stereocenters. The summed E-state index contributed by atoms with van der Waals surface area (Å²) >= 11 is 0. The van der Waals surface area contributed by atoms with E-state index >= 15 is 0 Å². The van der Waals surface area contributed by atoms with E-state index in [1.165, 1.54) is 26.4 Å². The molecule has 0 rings (SSSR count). The first-order valence-electron chi connectivity index (χ1n) is 5.41. The van der Waals surface area contributed by atoms with Gasteiger partial charge in [0.1, 0.15) is 0 Å². The molecule has 0 aromatic carbocycles. The van der Waals surface area contributed by atoms with Gasteiger partial charge >= 0.3 is 11.9 Å². The van der Waals surface area contributed by atoms with E-state index < -0.39 is 24.5 Å². The molecule has 0 aliphatic carbocycles. The topological polar surface area (TPSA) is 71.1 Å². The molecule has 0 saturated heterocycles. The number of carbonyl (C=O) groups is 2. The van der Waals surface area contributed by atoms with E-state index in [9.17, 15) is 9.59 Å². The van der Waals surface area contributed by atoms with Gasteiger partial charge in [-0.1, -0.05) is 13.2 Å². The summed E-state index contributed by atoms with van der Waals surface area (Å²) in [6.07, 6.45) is 0.693. The zero-order valence-corrected chi connectivity index (χ0v) is 10.6. The standard InChI is InChI=1S/C12H18O6/c1-5-15-9(3)17-11(13)7-8-12(14)18-10(4)16-6-2/h5-6,9-10H,1-2,7-8H2,3-4H3. The molecule has 0 saturated carbocycles. The number of ether oxygens (including phenoxy) is 4. The first-order chi connectivity index (χ1) is 8.49. The van der Waals surface area contributed by atoms with Crippen molar-refractivity contribution in [3.8, 4) is 0 Å². The average molecular weight is 258 g/mol. The molecule has 0 aliphatic rings. The molecule has 0 heterocycles. The summed E-state index contributed by atoms with van der Waals surface area (Å²) in [4.78, 5) is 22.5.